The summed E-state index contributed by atoms with van der Waals surface area (Å²) >= 11 is 0. The molecule has 1 aliphatic heterocycles. The molecule has 2 fully saturated rings. The first-order valence-electron chi connectivity index (χ1n) is 7.91. The van der Waals surface area contributed by atoms with Crippen LogP contribution in [-0.2, 0) is 11.8 Å². The van der Waals surface area contributed by atoms with Crippen LogP contribution in [0.4, 0.5) is 5.69 Å². The van der Waals surface area contributed by atoms with Crippen LogP contribution in [0.5, 0.6) is 0 Å². The molecule has 1 aromatic heterocycles. The molecule has 2 heterocycles. The molecule has 3 rings (SSSR count). The van der Waals surface area contributed by atoms with Gasteiger partial charge in [-0.15, -0.1) is 0 Å². The molecule has 0 bridgehead atoms. The van der Waals surface area contributed by atoms with E-state index in [0.717, 1.165) is 57.5 Å². The summed E-state index contributed by atoms with van der Waals surface area (Å²) < 4.78 is 1.82. The Balaban J connectivity index is 1.54. The second kappa shape index (κ2) is 6.05. The number of hydrogen-bond acceptors (Lipinski definition) is 4. The number of anilines is 1. The second-order valence-corrected chi connectivity index (χ2v) is 6.31. The van der Waals surface area contributed by atoms with Crippen LogP contribution in [0.25, 0.3) is 0 Å². The number of hydrogen-bond donors (Lipinski definition) is 1. The Labute approximate surface area is 125 Å². The molecule has 6 nitrogen and oxygen atoms in total. The molecule has 0 spiro atoms. The van der Waals surface area contributed by atoms with Crippen molar-refractivity contribution in [1.82, 2.24) is 14.7 Å². The first-order valence-corrected chi connectivity index (χ1v) is 7.91. The largest absolute Gasteiger partial charge is 0.365 e. The molecular formula is C15H25N5O. The molecule has 2 N–H and O–H groups in total. The average molecular weight is 291 g/mol. The average Bonchev–Trinajstić information content (AvgIpc) is 2.93. The maximum absolute atomic E-state index is 12.6. The molecule has 6 heteroatoms. The third-order valence-corrected chi connectivity index (χ3v) is 4.71. The normalized spacial score (nSPS) is 27.0. The number of rotatable bonds is 2. The van der Waals surface area contributed by atoms with Gasteiger partial charge >= 0.3 is 0 Å². The Morgan fingerprint density at radius 3 is 2.67 bits per heavy atom. The van der Waals surface area contributed by atoms with E-state index in [-0.39, 0.29) is 12.0 Å². The highest BCUT2D eigenvalue weighted by Crippen LogP contribution is 2.26. The molecule has 1 saturated carbocycles. The number of piperazine rings is 1. The highest BCUT2D eigenvalue weighted by atomic mass is 16.2. The Kier molecular flexibility index (Phi) is 4.14. The maximum Gasteiger partial charge on any atom is 0.225 e. The van der Waals surface area contributed by atoms with Crippen LogP contribution in [0.3, 0.4) is 0 Å². The van der Waals surface area contributed by atoms with Crippen LogP contribution >= 0.6 is 0 Å². The topological polar surface area (TPSA) is 67.4 Å². The molecule has 2 aliphatic rings. The van der Waals surface area contributed by atoms with Gasteiger partial charge in [0.2, 0.25) is 5.91 Å². The standard InChI is InChI=1S/C15H25N5O/c1-18-11-14(10-17-18)19-5-7-20(8-6-19)15(21)12-3-2-4-13(16)9-12/h10-13H,2-9,16H2,1H3. The summed E-state index contributed by atoms with van der Waals surface area (Å²) in [6.07, 6.45) is 7.94. The summed E-state index contributed by atoms with van der Waals surface area (Å²) in [5.74, 6) is 0.467. The fourth-order valence-electron chi connectivity index (χ4n) is 3.47. The van der Waals surface area contributed by atoms with Gasteiger partial charge in [0, 0.05) is 51.4 Å². The van der Waals surface area contributed by atoms with Crippen LogP contribution in [-0.4, -0.2) is 52.8 Å². The molecule has 2 unspecified atom stereocenters. The summed E-state index contributed by atoms with van der Waals surface area (Å²) in [5.41, 5.74) is 7.15. The van der Waals surface area contributed by atoms with Crippen molar-refractivity contribution < 1.29 is 4.79 Å². The van der Waals surface area contributed by atoms with Gasteiger partial charge in [0.1, 0.15) is 0 Å². The van der Waals surface area contributed by atoms with Crippen molar-refractivity contribution in [3.8, 4) is 0 Å². The minimum absolute atomic E-state index is 0.152. The van der Waals surface area contributed by atoms with Crippen LogP contribution in [0.15, 0.2) is 12.4 Å². The SMILES string of the molecule is Cn1cc(N2CCN(C(=O)C3CCCC(N)C3)CC2)cn1. The van der Waals surface area contributed by atoms with E-state index in [1.54, 1.807) is 0 Å². The number of carbonyl (C=O) groups is 1. The molecule has 1 saturated heterocycles. The van der Waals surface area contributed by atoms with Gasteiger partial charge in [-0.05, 0) is 19.3 Å². The van der Waals surface area contributed by atoms with Crippen molar-refractivity contribution in [3.63, 3.8) is 0 Å². The fraction of sp³-hybridized carbons (Fsp3) is 0.733. The summed E-state index contributed by atoms with van der Waals surface area (Å²) in [7, 11) is 1.93. The predicted octanol–water partition coefficient (Wildman–Crippen LogP) is 0.586. The quantitative estimate of drug-likeness (QED) is 0.866. The van der Waals surface area contributed by atoms with E-state index in [1.165, 1.54) is 0 Å². The van der Waals surface area contributed by atoms with Gasteiger partial charge in [-0.25, -0.2) is 0 Å². The van der Waals surface area contributed by atoms with E-state index in [4.69, 9.17) is 5.73 Å². The molecule has 21 heavy (non-hydrogen) atoms. The van der Waals surface area contributed by atoms with Crippen molar-refractivity contribution in [2.24, 2.45) is 18.7 Å². The van der Waals surface area contributed by atoms with Crippen molar-refractivity contribution >= 4 is 11.6 Å². The molecule has 1 amide bonds. The lowest BCUT2D eigenvalue weighted by molar-refractivity contribution is -0.137. The summed E-state index contributed by atoms with van der Waals surface area (Å²) in [4.78, 5) is 16.9. The number of nitrogens with two attached hydrogens (primary N) is 1. The molecular weight excluding hydrogens is 266 g/mol. The van der Waals surface area contributed by atoms with E-state index in [2.05, 4.69) is 10.00 Å². The number of aromatic nitrogens is 2. The van der Waals surface area contributed by atoms with Crippen molar-refractivity contribution in [2.45, 2.75) is 31.7 Å². The lowest BCUT2D eigenvalue weighted by atomic mass is 9.85. The van der Waals surface area contributed by atoms with Gasteiger partial charge in [-0.1, -0.05) is 6.42 Å². The van der Waals surface area contributed by atoms with Gasteiger partial charge in [0.05, 0.1) is 11.9 Å². The Bertz CT molecular complexity index is 492. The number of aryl methyl sites for hydroxylation is 1. The van der Waals surface area contributed by atoms with Crippen LogP contribution in [0.1, 0.15) is 25.7 Å². The smallest absolute Gasteiger partial charge is 0.225 e. The zero-order chi connectivity index (χ0) is 14.8. The fourth-order valence-corrected chi connectivity index (χ4v) is 3.47. The van der Waals surface area contributed by atoms with Crippen LogP contribution in [0, 0.1) is 5.92 Å². The maximum atomic E-state index is 12.6. The van der Waals surface area contributed by atoms with Gasteiger partial charge in [-0.3, -0.25) is 9.48 Å². The monoisotopic (exact) mass is 291 g/mol. The minimum Gasteiger partial charge on any atom is -0.365 e. The van der Waals surface area contributed by atoms with Crippen LogP contribution < -0.4 is 10.6 Å². The zero-order valence-electron chi connectivity index (χ0n) is 12.7. The Morgan fingerprint density at radius 1 is 1.29 bits per heavy atom. The summed E-state index contributed by atoms with van der Waals surface area (Å²) in [6, 6.07) is 0.212. The first kappa shape index (κ1) is 14.4. The first-order chi connectivity index (χ1) is 10.1. The lowest BCUT2D eigenvalue weighted by Gasteiger charge is -2.38. The number of carbonyl (C=O) groups excluding carboxylic acids is 1. The van der Waals surface area contributed by atoms with Gasteiger partial charge in [0.15, 0.2) is 0 Å². The molecule has 0 radical (unpaired) electrons. The minimum atomic E-state index is 0.152. The third-order valence-electron chi connectivity index (χ3n) is 4.71. The van der Waals surface area contributed by atoms with Crippen molar-refractivity contribution in [3.05, 3.63) is 12.4 Å². The number of amides is 1. The second-order valence-electron chi connectivity index (χ2n) is 6.31. The van der Waals surface area contributed by atoms with E-state index in [0.29, 0.717) is 5.91 Å². The van der Waals surface area contributed by atoms with E-state index >= 15 is 0 Å². The van der Waals surface area contributed by atoms with Crippen molar-refractivity contribution in [2.75, 3.05) is 31.1 Å². The van der Waals surface area contributed by atoms with Gasteiger partial charge in [-0.2, -0.15) is 5.10 Å². The molecule has 116 valence electrons. The number of nitrogens with zero attached hydrogens (tertiary/aromatic N) is 4. The predicted molar refractivity (Wildman–Crippen MR) is 81.9 cm³/mol. The van der Waals surface area contributed by atoms with E-state index in [9.17, 15) is 4.79 Å². The van der Waals surface area contributed by atoms with E-state index < -0.39 is 0 Å². The summed E-state index contributed by atoms with van der Waals surface area (Å²) in [5, 5.41) is 4.21. The van der Waals surface area contributed by atoms with Crippen molar-refractivity contribution in [1.29, 1.82) is 0 Å². The molecule has 2 atom stereocenters. The highest BCUT2D eigenvalue weighted by molar-refractivity contribution is 5.79. The van der Waals surface area contributed by atoms with E-state index in [1.807, 2.05) is 29.0 Å². The lowest BCUT2D eigenvalue weighted by Crippen LogP contribution is -2.51. The summed E-state index contributed by atoms with van der Waals surface area (Å²) in [6.45, 7) is 3.38. The Hall–Kier alpha value is -1.56. The van der Waals surface area contributed by atoms with Gasteiger partial charge < -0.3 is 15.5 Å². The molecule has 1 aliphatic carbocycles. The molecule has 0 aromatic carbocycles. The highest BCUT2D eigenvalue weighted by Gasteiger charge is 2.30. The van der Waals surface area contributed by atoms with Gasteiger partial charge in [0.25, 0.3) is 0 Å². The zero-order valence-corrected chi connectivity index (χ0v) is 12.7. The third kappa shape index (κ3) is 3.20. The van der Waals surface area contributed by atoms with Crippen LogP contribution in [0.2, 0.25) is 0 Å². The Morgan fingerprint density at radius 2 is 2.05 bits per heavy atom. The molecule has 1 aromatic rings.